The minimum atomic E-state index is -3.32. The van der Waals surface area contributed by atoms with Crippen LogP contribution in [0.15, 0.2) is 24.3 Å². The molecule has 1 aromatic rings. The highest BCUT2D eigenvalue weighted by molar-refractivity contribution is 5.94. The van der Waals surface area contributed by atoms with Crippen LogP contribution in [0.3, 0.4) is 0 Å². The Labute approximate surface area is 110 Å². The maximum absolute atomic E-state index is 12.8. The number of alkyl halides is 2. The van der Waals surface area contributed by atoms with Crippen LogP contribution < -0.4 is 10.1 Å². The van der Waals surface area contributed by atoms with Crippen LogP contribution >= 0.6 is 0 Å². The van der Waals surface area contributed by atoms with Gasteiger partial charge in [0.2, 0.25) is 0 Å². The Morgan fingerprint density at radius 3 is 2.74 bits per heavy atom. The van der Waals surface area contributed by atoms with Crippen molar-refractivity contribution < 1.29 is 23.4 Å². The summed E-state index contributed by atoms with van der Waals surface area (Å²) in [5, 5.41) is 10.5. The van der Waals surface area contributed by atoms with Gasteiger partial charge in [0.25, 0.3) is 11.8 Å². The normalized spacial score (nSPS) is 11.5. The molecule has 0 spiro atoms. The van der Waals surface area contributed by atoms with E-state index in [4.69, 9.17) is 9.84 Å². The van der Waals surface area contributed by atoms with E-state index in [2.05, 4.69) is 5.32 Å². The summed E-state index contributed by atoms with van der Waals surface area (Å²) in [6, 6.07) is 6.27. The van der Waals surface area contributed by atoms with Gasteiger partial charge in [-0.25, -0.2) is 8.78 Å². The van der Waals surface area contributed by atoms with E-state index in [1.165, 1.54) is 12.1 Å². The number of nitrogens with one attached hydrogen (secondary N) is 1. The molecule has 4 nitrogen and oxygen atoms in total. The Kier molecular flexibility index (Phi) is 5.23. The highest BCUT2D eigenvalue weighted by atomic mass is 19.3. The van der Waals surface area contributed by atoms with Crippen LogP contribution in [0.5, 0.6) is 5.75 Å². The molecule has 0 atom stereocenters. The van der Waals surface area contributed by atoms with Crippen molar-refractivity contribution in [2.24, 2.45) is 0 Å². The summed E-state index contributed by atoms with van der Waals surface area (Å²) in [4.78, 5) is 11.7. The molecule has 2 N–H and O–H groups in total. The van der Waals surface area contributed by atoms with E-state index < -0.39 is 25.0 Å². The van der Waals surface area contributed by atoms with Gasteiger partial charge >= 0.3 is 0 Å². The lowest BCUT2D eigenvalue weighted by Crippen LogP contribution is -2.38. The molecule has 106 valence electrons. The van der Waals surface area contributed by atoms with Gasteiger partial charge in [-0.05, 0) is 32.0 Å². The summed E-state index contributed by atoms with van der Waals surface area (Å²) in [7, 11) is 0. The highest BCUT2D eigenvalue weighted by Gasteiger charge is 2.28. The van der Waals surface area contributed by atoms with Gasteiger partial charge in [0.15, 0.2) is 0 Å². The molecule has 0 aliphatic heterocycles. The molecule has 0 unspecified atom stereocenters. The molecule has 1 aromatic carbocycles. The number of halogens is 2. The maximum atomic E-state index is 12.8. The van der Waals surface area contributed by atoms with Crippen LogP contribution in [0.2, 0.25) is 0 Å². The number of aliphatic hydroxyl groups is 1. The van der Waals surface area contributed by atoms with Crippen molar-refractivity contribution in [2.75, 3.05) is 13.2 Å². The van der Waals surface area contributed by atoms with Crippen LogP contribution in [0.25, 0.3) is 0 Å². The quantitative estimate of drug-likeness (QED) is 0.831. The van der Waals surface area contributed by atoms with Gasteiger partial charge in [-0.3, -0.25) is 4.79 Å². The number of amides is 1. The zero-order valence-electron chi connectivity index (χ0n) is 10.8. The van der Waals surface area contributed by atoms with Gasteiger partial charge < -0.3 is 15.2 Å². The second kappa shape index (κ2) is 6.47. The monoisotopic (exact) mass is 273 g/mol. The fraction of sp³-hybridized carbons (Fsp3) is 0.462. The van der Waals surface area contributed by atoms with Gasteiger partial charge in [0, 0.05) is 5.56 Å². The number of ether oxygens (including phenoxy) is 1. The van der Waals surface area contributed by atoms with Crippen LogP contribution in [0.1, 0.15) is 24.2 Å². The van der Waals surface area contributed by atoms with Gasteiger partial charge in [0.1, 0.15) is 12.4 Å². The van der Waals surface area contributed by atoms with Crippen molar-refractivity contribution in [3.05, 3.63) is 29.8 Å². The Balaban J connectivity index is 2.67. The highest BCUT2D eigenvalue weighted by Crippen LogP contribution is 2.15. The summed E-state index contributed by atoms with van der Waals surface area (Å²) in [6.07, 6.45) is -0.0444. The van der Waals surface area contributed by atoms with Crippen LogP contribution in [-0.4, -0.2) is 36.2 Å². The Morgan fingerprint density at radius 1 is 1.47 bits per heavy atom. The van der Waals surface area contributed by atoms with E-state index in [1.807, 2.05) is 13.8 Å². The van der Waals surface area contributed by atoms with Gasteiger partial charge in [-0.2, -0.15) is 0 Å². The maximum Gasteiger partial charge on any atom is 0.287 e. The number of hydrogen-bond acceptors (Lipinski definition) is 3. The molecule has 0 saturated carbocycles. The SMILES string of the molecule is CC(C)Oc1cccc(C(=O)NCC(F)(F)CO)c1. The predicted octanol–water partition coefficient (Wildman–Crippen LogP) is 1.83. The number of carbonyl (C=O) groups excluding carboxylic acids is 1. The van der Waals surface area contributed by atoms with Crippen molar-refractivity contribution in [3.63, 3.8) is 0 Å². The van der Waals surface area contributed by atoms with Gasteiger partial charge in [0.05, 0.1) is 12.6 Å². The number of benzene rings is 1. The van der Waals surface area contributed by atoms with Gasteiger partial charge in [-0.1, -0.05) is 6.07 Å². The lowest BCUT2D eigenvalue weighted by Gasteiger charge is -2.14. The molecule has 19 heavy (non-hydrogen) atoms. The molecule has 0 aromatic heterocycles. The summed E-state index contributed by atoms with van der Waals surface area (Å²) in [5.41, 5.74) is 0.229. The molecular formula is C13H17F2NO3. The third kappa shape index (κ3) is 5.21. The van der Waals surface area contributed by atoms with Crippen molar-refractivity contribution >= 4 is 5.91 Å². The number of rotatable bonds is 6. The Morgan fingerprint density at radius 2 is 2.16 bits per heavy atom. The lowest BCUT2D eigenvalue weighted by molar-refractivity contribution is -0.0462. The fourth-order valence-electron chi connectivity index (χ4n) is 1.35. The zero-order valence-corrected chi connectivity index (χ0v) is 10.8. The molecule has 1 rings (SSSR count). The Hall–Kier alpha value is -1.69. The number of carbonyl (C=O) groups is 1. The van der Waals surface area contributed by atoms with Crippen molar-refractivity contribution in [1.29, 1.82) is 0 Å². The standard InChI is InChI=1S/C13H17F2NO3/c1-9(2)19-11-5-3-4-10(6-11)12(18)16-7-13(14,15)8-17/h3-6,9,17H,7-8H2,1-2H3,(H,16,18). The summed E-state index contributed by atoms with van der Waals surface area (Å²) < 4.78 is 31.0. The average molecular weight is 273 g/mol. The second-order valence-electron chi connectivity index (χ2n) is 4.39. The molecule has 1 amide bonds. The summed E-state index contributed by atoms with van der Waals surface area (Å²) in [5.74, 6) is -3.46. The van der Waals surface area contributed by atoms with Crippen LogP contribution in [0.4, 0.5) is 8.78 Å². The van der Waals surface area contributed by atoms with E-state index in [9.17, 15) is 13.6 Å². The molecule has 6 heteroatoms. The fourth-order valence-corrected chi connectivity index (χ4v) is 1.35. The molecule has 0 aliphatic carbocycles. The molecule has 0 radical (unpaired) electrons. The first-order chi connectivity index (χ1) is 8.84. The molecular weight excluding hydrogens is 256 g/mol. The summed E-state index contributed by atoms with van der Waals surface area (Å²) in [6.45, 7) is 1.48. The van der Waals surface area contributed by atoms with Crippen molar-refractivity contribution in [1.82, 2.24) is 5.32 Å². The lowest BCUT2D eigenvalue weighted by atomic mass is 10.2. The molecule has 0 heterocycles. The Bertz CT molecular complexity index is 436. The van der Waals surface area contributed by atoms with E-state index in [-0.39, 0.29) is 11.7 Å². The van der Waals surface area contributed by atoms with Crippen LogP contribution in [-0.2, 0) is 0 Å². The van der Waals surface area contributed by atoms with Crippen molar-refractivity contribution in [2.45, 2.75) is 25.9 Å². The number of hydrogen-bond donors (Lipinski definition) is 2. The molecule has 0 saturated heterocycles. The first-order valence-corrected chi connectivity index (χ1v) is 5.87. The third-order valence-corrected chi connectivity index (χ3v) is 2.21. The molecule has 0 bridgehead atoms. The third-order valence-electron chi connectivity index (χ3n) is 2.21. The second-order valence-corrected chi connectivity index (χ2v) is 4.39. The zero-order chi connectivity index (χ0) is 14.5. The first kappa shape index (κ1) is 15.4. The minimum absolute atomic E-state index is 0.0444. The van der Waals surface area contributed by atoms with E-state index >= 15 is 0 Å². The average Bonchev–Trinajstić information content (AvgIpc) is 2.35. The molecule has 0 aliphatic rings. The number of aliphatic hydroxyl groups excluding tert-OH is 1. The molecule has 0 fully saturated rings. The predicted molar refractivity (Wildman–Crippen MR) is 66.6 cm³/mol. The van der Waals surface area contributed by atoms with Gasteiger partial charge in [-0.15, -0.1) is 0 Å². The van der Waals surface area contributed by atoms with Crippen molar-refractivity contribution in [3.8, 4) is 5.75 Å². The van der Waals surface area contributed by atoms with E-state index in [1.54, 1.807) is 12.1 Å². The topological polar surface area (TPSA) is 58.6 Å². The smallest absolute Gasteiger partial charge is 0.287 e. The first-order valence-electron chi connectivity index (χ1n) is 5.87. The van der Waals surface area contributed by atoms with Crippen LogP contribution in [0, 0.1) is 0 Å². The largest absolute Gasteiger partial charge is 0.491 e. The minimum Gasteiger partial charge on any atom is -0.491 e. The summed E-state index contributed by atoms with van der Waals surface area (Å²) >= 11 is 0. The van der Waals surface area contributed by atoms with E-state index in [0.29, 0.717) is 5.75 Å². The van der Waals surface area contributed by atoms with E-state index in [0.717, 1.165) is 0 Å².